The number of carbonyl (C=O) groups is 4. The average molecular weight is 541 g/mol. The molecule has 1 aromatic heterocycles. The maximum atomic E-state index is 13.9. The number of esters is 1. The van der Waals surface area contributed by atoms with Crippen molar-refractivity contribution in [3.8, 4) is 11.5 Å². The van der Waals surface area contributed by atoms with E-state index in [9.17, 15) is 39.3 Å². The van der Waals surface area contributed by atoms with Gasteiger partial charge in [0.15, 0.2) is 17.0 Å². The molecule has 0 bridgehead atoms. The van der Waals surface area contributed by atoms with Crippen molar-refractivity contribution in [1.29, 1.82) is 0 Å². The van der Waals surface area contributed by atoms with E-state index in [2.05, 4.69) is 0 Å². The van der Waals surface area contributed by atoms with E-state index in [1.807, 2.05) is 0 Å². The first kappa shape index (κ1) is 24.0. The van der Waals surface area contributed by atoms with Gasteiger partial charge in [-0.1, -0.05) is 6.07 Å². The molecule has 7 rings (SSSR count). The minimum Gasteiger partial charge on any atom is -0.508 e. The molecule has 2 atom stereocenters. The van der Waals surface area contributed by atoms with Crippen molar-refractivity contribution in [3.63, 3.8) is 0 Å². The molecule has 3 aromatic carbocycles. The van der Waals surface area contributed by atoms with Gasteiger partial charge in [0, 0.05) is 22.9 Å². The molecule has 1 amide bonds. The number of nitrogens with zero attached hydrogens (tertiary/aromatic N) is 1. The van der Waals surface area contributed by atoms with E-state index in [-0.39, 0.29) is 45.2 Å². The van der Waals surface area contributed by atoms with Crippen molar-refractivity contribution in [2.24, 2.45) is 0 Å². The number of amides is 1. The number of rotatable bonds is 1. The fourth-order valence-electron chi connectivity index (χ4n) is 6.25. The van der Waals surface area contributed by atoms with Crippen LogP contribution in [0.3, 0.4) is 0 Å². The van der Waals surface area contributed by atoms with E-state index in [1.54, 1.807) is 6.07 Å². The van der Waals surface area contributed by atoms with Gasteiger partial charge in [0.1, 0.15) is 22.6 Å². The van der Waals surface area contributed by atoms with Gasteiger partial charge in [-0.15, -0.1) is 0 Å². The molecule has 2 aliphatic heterocycles. The molecule has 0 radical (unpaired) electrons. The molecule has 0 spiro atoms. The molecule has 4 aromatic rings. The predicted molar refractivity (Wildman–Crippen MR) is 136 cm³/mol. The van der Waals surface area contributed by atoms with Crippen LogP contribution >= 0.6 is 0 Å². The zero-order valence-corrected chi connectivity index (χ0v) is 21.0. The minimum absolute atomic E-state index is 0.00631. The number of hydrogen-bond acceptors (Lipinski definition) is 10. The van der Waals surface area contributed by atoms with Crippen LogP contribution in [0.15, 0.2) is 45.6 Å². The number of ether oxygens (including phenoxy) is 1. The SMILES string of the molecule is CC12Cc3cc4ccc5c(c4c(O)c3C(=O)N1C(C)(CO)C(=O)O2)C(=O)c1c(oc2ccc(O)cc2c1=O)C5=O. The summed E-state index contributed by atoms with van der Waals surface area (Å²) in [6.07, 6.45) is -0.00916. The number of aliphatic hydroxyl groups is 1. The highest BCUT2D eigenvalue weighted by molar-refractivity contribution is 6.32. The second-order valence-electron chi connectivity index (χ2n) is 10.6. The summed E-state index contributed by atoms with van der Waals surface area (Å²) in [7, 11) is 0. The third kappa shape index (κ3) is 2.69. The maximum absolute atomic E-state index is 13.9. The molecule has 11 nitrogen and oxygen atoms in total. The van der Waals surface area contributed by atoms with Crippen molar-refractivity contribution in [2.75, 3.05) is 6.61 Å². The van der Waals surface area contributed by atoms with Gasteiger partial charge < -0.3 is 24.5 Å². The molecule has 3 aliphatic rings. The summed E-state index contributed by atoms with van der Waals surface area (Å²) in [5.41, 5.74) is -4.80. The lowest BCUT2D eigenvalue weighted by atomic mass is 9.80. The molecule has 1 saturated heterocycles. The van der Waals surface area contributed by atoms with Crippen molar-refractivity contribution in [1.82, 2.24) is 4.90 Å². The molecule has 0 saturated carbocycles. The quantitative estimate of drug-likeness (QED) is 0.267. The smallest absolute Gasteiger partial charge is 0.336 e. The Balaban J connectivity index is 1.50. The van der Waals surface area contributed by atoms with Gasteiger partial charge in [0.2, 0.25) is 17.0 Å². The van der Waals surface area contributed by atoms with Crippen LogP contribution in [-0.2, 0) is 16.0 Å². The molecule has 1 fully saturated rings. The first-order chi connectivity index (χ1) is 18.9. The second kappa shape index (κ2) is 7.33. The van der Waals surface area contributed by atoms with E-state index < -0.39 is 63.8 Å². The summed E-state index contributed by atoms with van der Waals surface area (Å²) in [6, 6.07) is 8.15. The number of benzene rings is 3. The van der Waals surface area contributed by atoms with Gasteiger partial charge in [-0.25, -0.2) is 4.79 Å². The molecular weight excluding hydrogens is 522 g/mol. The zero-order valence-electron chi connectivity index (χ0n) is 21.0. The van der Waals surface area contributed by atoms with Crippen molar-refractivity contribution in [3.05, 3.63) is 80.2 Å². The molecule has 3 N–H and O–H groups in total. The monoisotopic (exact) mass is 541 g/mol. The third-order valence-corrected chi connectivity index (χ3v) is 8.10. The topological polar surface area (TPSA) is 172 Å². The lowest BCUT2D eigenvalue weighted by Gasteiger charge is -2.42. The summed E-state index contributed by atoms with van der Waals surface area (Å²) in [5.74, 6) is -4.58. The number of aliphatic hydroxyl groups excluding tert-OH is 1. The second-order valence-corrected chi connectivity index (χ2v) is 10.6. The Morgan fingerprint density at radius 2 is 1.68 bits per heavy atom. The summed E-state index contributed by atoms with van der Waals surface area (Å²) in [4.78, 5) is 68.3. The Labute approximate surface area is 223 Å². The molecule has 3 heterocycles. The van der Waals surface area contributed by atoms with E-state index >= 15 is 0 Å². The number of phenols is 2. The Morgan fingerprint density at radius 1 is 0.925 bits per heavy atom. The predicted octanol–water partition coefficient (Wildman–Crippen LogP) is 2.16. The maximum Gasteiger partial charge on any atom is 0.336 e. The number of phenolic OH excluding ortho intramolecular Hbond substituents is 2. The van der Waals surface area contributed by atoms with Crippen LogP contribution < -0.4 is 5.43 Å². The van der Waals surface area contributed by atoms with Gasteiger partial charge in [0.05, 0.1) is 17.6 Å². The number of aromatic hydroxyl groups is 2. The number of hydrogen-bond donors (Lipinski definition) is 3. The van der Waals surface area contributed by atoms with Crippen molar-refractivity contribution >= 4 is 45.2 Å². The highest BCUT2D eigenvalue weighted by Crippen LogP contribution is 2.48. The largest absolute Gasteiger partial charge is 0.508 e. The van der Waals surface area contributed by atoms with Crippen LogP contribution in [0.5, 0.6) is 11.5 Å². The van der Waals surface area contributed by atoms with E-state index in [0.717, 1.165) is 11.0 Å². The molecule has 200 valence electrons. The van der Waals surface area contributed by atoms with E-state index in [1.165, 1.54) is 38.1 Å². The summed E-state index contributed by atoms with van der Waals surface area (Å²) in [6.45, 7) is 2.15. The van der Waals surface area contributed by atoms with Crippen LogP contribution in [0, 0.1) is 0 Å². The van der Waals surface area contributed by atoms with Crippen LogP contribution in [0.4, 0.5) is 0 Å². The Hall–Kier alpha value is -5.03. The highest BCUT2D eigenvalue weighted by Gasteiger charge is 2.63. The van der Waals surface area contributed by atoms with Crippen molar-refractivity contribution in [2.45, 2.75) is 31.5 Å². The number of carbonyl (C=O) groups excluding carboxylic acids is 4. The lowest BCUT2D eigenvalue weighted by molar-refractivity contribution is -0.151. The van der Waals surface area contributed by atoms with Crippen LogP contribution in [-0.4, -0.2) is 61.5 Å². The average Bonchev–Trinajstić information content (AvgIpc) is 3.11. The Bertz CT molecular complexity index is 2010. The van der Waals surface area contributed by atoms with Gasteiger partial charge in [-0.05, 0) is 55.1 Å². The standard InChI is InChI=1S/C29H19NO10/c1-28(10-31)27(38)40-29(2)9-12-7-11-3-5-14-19(17(11)23(35)18(12)26(37)30(28)29)24(36)20-21(33)15-8-13(32)4-6-16(15)39-25(20)22(14)34/h3-8,31-32,35H,9-10H2,1-2H3. The molecule has 11 heteroatoms. The van der Waals surface area contributed by atoms with Crippen LogP contribution in [0.25, 0.3) is 21.7 Å². The molecule has 2 unspecified atom stereocenters. The highest BCUT2D eigenvalue weighted by atomic mass is 16.6. The van der Waals surface area contributed by atoms with Gasteiger partial charge in [-0.3, -0.25) is 24.1 Å². The fraction of sp³-hybridized carbons (Fsp3) is 0.207. The summed E-state index contributed by atoms with van der Waals surface area (Å²) < 4.78 is 11.2. The Kier molecular flexibility index (Phi) is 4.41. The lowest BCUT2D eigenvalue weighted by Crippen LogP contribution is -2.60. The van der Waals surface area contributed by atoms with E-state index in [4.69, 9.17) is 9.15 Å². The zero-order chi connectivity index (χ0) is 28.5. The minimum atomic E-state index is -1.71. The van der Waals surface area contributed by atoms with Crippen LogP contribution in [0.1, 0.15) is 61.8 Å². The first-order valence-electron chi connectivity index (χ1n) is 12.3. The van der Waals surface area contributed by atoms with Gasteiger partial charge in [-0.2, -0.15) is 0 Å². The van der Waals surface area contributed by atoms with Gasteiger partial charge in [0.25, 0.3) is 5.91 Å². The molecular formula is C29H19NO10. The third-order valence-electron chi connectivity index (χ3n) is 8.10. The Morgan fingerprint density at radius 3 is 2.40 bits per heavy atom. The van der Waals surface area contributed by atoms with Gasteiger partial charge >= 0.3 is 5.97 Å². The summed E-state index contributed by atoms with van der Waals surface area (Å²) in [5, 5.41) is 31.5. The first-order valence-corrected chi connectivity index (χ1v) is 12.3. The normalized spacial score (nSPS) is 23.2. The number of fused-ring (bicyclic) bond motifs is 7. The molecule has 1 aliphatic carbocycles. The van der Waals surface area contributed by atoms with Crippen molar-refractivity contribution < 1.29 is 43.7 Å². The van der Waals surface area contributed by atoms with Crippen LogP contribution in [0.2, 0.25) is 0 Å². The number of ketones is 2. The fourth-order valence-corrected chi connectivity index (χ4v) is 6.25. The molecule has 40 heavy (non-hydrogen) atoms. The van der Waals surface area contributed by atoms with E-state index in [0.29, 0.717) is 10.9 Å². The summed E-state index contributed by atoms with van der Waals surface area (Å²) >= 11 is 0.